The molecule has 0 saturated heterocycles. The Morgan fingerprint density at radius 1 is 0.889 bits per heavy atom. The van der Waals surface area contributed by atoms with Crippen molar-refractivity contribution in [2.24, 2.45) is 0 Å². The summed E-state index contributed by atoms with van der Waals surface area (Å²) in [6.45, 7) is 0. The Morgan fingerprint density at radius 2 is 1.22 bits per heavy atom. The van der Waals surface area contributed by atoms with Crippen LogP contribution in [0.4, 0.5) is 0 Å². The maximum absolute atomic E-state index is 5.58. The van der Waals surface area contributed by atoms with Crippen molar-refractivity contribution in [3.63, 3.8) is 0 Å². The molecule has 0 nitrogen and oxygen atoms in total. The summed E-state index contributed by atoms with van der Waals surface area (Å²) in [4.78, 5) is 0. The molecule has 0 aliphatic heterocycles. The molecule has 47 valence electrons. The van der Waals surface area contributed by atoms with Gasteiger partial charge < -0.3 is 0 Å². The fourth-order valence-corrected chi connectivity index (χ4v) is 0.711. The average molecular weight is 356 g/mol. The third-order valence-electron chi connectivity index (χ3n) is 0.824. The van der Waals surface area contributed by atoms with Gasteiger partial charge in [-0.05, 0) is 12.1 Å². The molecule has 0 aromatic heterocycles. The number of hydrogen-bond donors (Lipinski definition) is 0. The Balaban J connectivity index is 0.000000640. The van der Waals surface area contributed by atoms with Crippen LogP contribution in [-0.2, 0) is 0 Å². The summed E-state index contributed by atoms with van der Waals surface area (Å²) >= 11 is 11.2. The van der Waals surface area contributed by atoms with Crippen molar-refractivity contribution in [1.29, 1.82) is 0 Å². The van der Waals surface area contributed by atoms with E-state index in [4.69, 9.17) is 23.2 Å². The van der Waals surface area contributed by atoms with Gasteiger partial charge in [0.25, 0.3) is 0 Å². The van der Waals surface area contributed by atoms with E-state index in [-0.39, 0.29) is 26.2 Å². The Bertz CT molecular complexity index is 167. The second-order valence-corrected chi connectivity index (χ2v) is 2.23. The number of halogens is 2. The Kier molecular flexibility index (Phi) is 4.83. The van der Waals surface area contributed by atoms with Crippen LogP contribution in [0.2, 0.25) is 10.0 Å². The minimum absolute atomic E-state index is 0. The molecule has 9 heavy (non-hydrogen) atoms. The largest absolute Gasteiger partial charge is 0.0827 e. The molecule has 0 saturated carbocycles. The van der Waals surface area contributed by atoms with E-state index < -0.39 is 0 Å². The molecule has 0 fully saturated rings. The predicted molar refractivity (Wildman–Crippen MR) is 42.2 cm³/mol. The van der Waals surface area contributed by atoms with Crippen molar-refractivity contribution in [2.75, 3.05) is 0 Å². The molecule has 0 spiro atoms. The molecule has 0 atom stereocenters. The van der Waals surface area contributed by atoms with Crippen molar-refractivity contribution >= 4 is 49.4 Å². The molecule has 1 rings (SSSR count). The quantitative estimate of drug-likeness (QED) is 0.627. The van der Waals surface area contributed by atoms with Gasteiger partial charge in [-0.3, -0.25) is 0 Å². The van der Waals surface area contributed by atoms with Crippen LogP contribution in [0.25, 0.3) is 0 Å². The summed E-state index contributed by atoms with van der Waals surface area (Å²) < 4.78 is 0. The second-order valence-electron chi connectivity index (χ2n) is 1.41. The molecule has 3 radical (unpaired) electrons. The monoisotopic (exact) mass is 355 g/mol. The summed E-state index contributed by atoms with van der Waals surface area (Å²) in [5.74, 6) is 0. The van der Waals surface area contributed by atoms with Crippen LogP contribution in [-0.4, -0.2) is 26.2 Å². The molecule has 0 heterocycles. The molecule has 1 aromatic rings. The summed E-state index contributed by atoms with van der Waals surface area (Å²) in [6.07, 6.45) is 0. The van der Waals surface area contributed by atoms with Gasteiger partial charge in [-0.1, -0.05) is 35.3 Å². The van der Waals surface area contributed by atoms with Gasteiger partial charge in [0.15, 0.2) is 0 Å². The van der Waals surface area contributed by atoms with Crippen LogP contribution in [0, 0.1) is 0 Å². The topological polar surface area (TPSA) is 0 Å². The Labute approximate surface area is 83.3 Å². The molecule has 0 unspecified atom stereocenters. The number of hydrogen-bond acceptors (Lipinski definition) is 0. The number of benzene rings is 1. The van der Waals surface area contributed by atoms with E-state index in [0.29, 0.717) is 10.0 Å². The third-order valence-corrected chi connectivity index (χ3v) is 1.58. The summed E-state index contributed by atoms with van der Waals surface area (Å²) in [5, 5.41) is 1.21. The SMILES string of the molecule is Clc1ccccc1Cl.[Bi]. The fraction of sp³-hybridized carbons (Fsp3) is 0. The van der Waals surface area contributed by atoms with Crippen molar-refractivity contribution < 1.29 is 0 Å². The van der Waals surface area contributed by atoms with Crippen molar-refractivity contribution in [3.8, 4) is 0 Å². The minimum atomic E-state index is 0. The summed E-state index contributed by atoms with van der Waals surface area (Å²) in [6, 6.07) is 7.19. The zero-order chi connectivity index (χ0) is 5.98. The van der Waals surface area contributed by atoms with Crippen LogP contribution >= 0.6 is 23.2 Å². The predicted octanol–water partition coefficient (Wildman–Crippen LogP) is 2.61. The zero-order valence-corrected chi connectivity index (χ0v) is 9.50. The number of rotatable bonds is 0. The molecule has 0 amide bonds. The van der Waals surface area contributed by atoms with Crippen LogP contribution in [0.5, 0.6) is 0 Å². The Hall–Kier alpha value is 0.683. The standard InChI is InChI=1S/C6H4Cl2.Bi/c7-5-3-1-2-4-6(5)8;/h1-4H;. The van der Waals surface area contributed by atoms with E-state index in [1.165, 1.54) is 0 Å². The maximum atomic E-state index is 5.58. The normalized spacial score (nSPS) is 8.22. The van der Waals surface area contributed by atoms with Crippen LogP contribution in [0.15, 0.2) is 24.3 Å². The molecule has 0 aliphatic rings. The van der Waals surface area contributed by atoms with E-state index in [0.717, 1.165) is 0 Å². The van der Waals surface area contributed by atoms with Gasteiger partial charge in [0.1, 0.15) is 0 Å². The fourth-order valence-electron chi connectivity index (χ4n) is 0.439. The van der Waals surface area contributed by atoms with Crippen molar-refractivity contribution in [2.45, 2.75) is 0 Å². The van der Waals surface area contributed by atoms with Gasteiger partial charge >= 0.3 is 0 Å². The first-order valence-corrected chi connectivity index (χ1v) is 2.96. The molecule has 0 bridgehead atoms. The summed E-state index contributed by atoms with van der Waals surface area (Å²) in [7, 11) is 0. The van der Waals surface area contributed by atoms with Crippen molar-refractivity contribution in [1.82, 2.24) is 0 Å². The summed E-state index contributed by atoms with van der Waals surface area (Å²) in [5.41, 5.74) is 0. The van der Waals surface area contributed by atoms with Gasteiger partial charge in [-0.15, -0.1) is 0 Å². The minimum Gasteiger partial charge on any atom is -0.0827 e. The van der Waals surface area contributed by atoms with E-state index in [1.54, 1.807) is 12.1 Å². The van der Waals surface area contributed by atoms with E-state index in [9.17, 15) is 0 Å². The van der Waals surface area contributed by atoms with Gasteiger partial charge in [0.2, 0.25) is 0 Å². The van der Waals surface area contributed by atoms with Gasteiger partial charge in [-0.2, -0.15) is 0 Å². The molecule has 0 N–H and O–H groups in total. The first-order valence-electron chi connectivity index (χ1n) is 2.21. The van der Waals surface area contributed by atoms with Crippen LogP contribution in [0.1, 0.15) is 0 Å². The zero-order valence-electron chi connectivity index (χ0n) is 4.51. The van der Waals surface area contributed by atoms with E-state index in [1.807, 2.05) is 12.1 Å². The first-order chi connectivity index (χ1) is 3.80. The van der Waals surface area contributed by atoms with Gasteiger partial charge in [0.05, 0.1) is 10.0 Å². The molecule has 0 aliphatic carbocycles. The van der Waals surface area contributed by atoms with Crippen molar-refractivity contribution in [3.05, 3.63) is 34.3 Å². The maximum Gasteiger partial charge on any atom is 0.0592 e. The van der Waals surface area contributed by atoms with E-state index >= 15 is 0 Å². The third kappa shape index (κ3) is 2.84. The smallest absolute Gasteiger partial charge is 0.0592 e. The van der Waals surface area contributed by atoms with Crippen LogP contribution < -0.4 is 0 Å². The molecular weight excluding hydrogens is 352 g/mol. The second kappa shape index (κ2) is 4.49. The Morgan fingerprint density at radius 3 is 1.44 bits per heavy atom. The van der Waals surface area contributed by atoms with Gasteiger partial charge in [0, 0.05) is 26.2 Å². The first kappa shape index (κ1) is 9.68. The van der Waals surface area contributed by atoms with Crippen LogP contribution in [0.3, 0.4) is 0 Å². The average Bonchev–Trinajstić information content (AvgIpc) is 1.77. The molecule has 1 aromatic carbocycles. The van der Waals surface area contributed by atoms with E-state index in [2.05, 4.69) is 0 Å². The molecule has 3 heteroatoms. The molecular formula is C6H4BiCl2. The van der Waals surface area contributed by atoms with Gasteiger partial charge in [-0.25, -0.2) is 0 Å².